The van der Waals surface area contributed by atoms with E-state index in [4.69, 9.17) is 0 Å². The van der Waals surface area contributed by atoms with Gasteiger partial charge in [-0.05, 0) is 24.7 Å². The second kappa shape index (κ2) is 3.00. The van der Waals surface area contributed by atoms with E-state index in [-0.39, 0.29) is 11.5 Å². The Morgan fingerprint density at radius 3 is 2.33 bits per heavy atom. The first-order valence-electron chi connectivity index (χ1n) is 4.84. The molecule has 1 saturated carbocycles. The molecular formula is C10H22NO+. The molecule has 1 fully saturated rings. The summed E-state index contributed by atoms with van der Waals surface area (Å²) in [4.78, 5) is 0. The zero-order valence-electron chi connectivity index (χ0n) is 8.56. The Morgan fingerprint density at radius 2 is 1.92 bits per heavy atom. The van der Waals surface area contributed by atoms with Crippen molar-refractivity contribution in [3.05, 3.63) is 0 Å². The lowest BCUT2D eigenvalue weighted by atomic mass is 9.63. The van der Waals surface area contributed by atoms with Gasteiger partial charge in [-0.2, -0.15) is 0 Å². The van der Waals surface area contributed by atoms with Crippen LogP contribution in [0.2, 0.25) is 0 Å². The highest BCUT2D eigenvalue weighted by Crippen LogP contribution is 2.45. The molecule has 0 spiro atoms. The normalized spacial score (nSPS) is 41.2. The summed E-state index contributed by atoms with van der Waals surface area (Å²) in [5.41, 5.74) is 4.53. The van der Waals surface area contributed by atoms with E-state index in [1.165, 1.54) is 6.42 Å². The fraction of sp³-hybridized carbons (Fsp3) is 1.00. The van der Waals surface area contributed by atoms with Crippen LogP contribution >= 0.6 is 0 Å². The predicted molar refractivity (Wildman–Crippen MR) is 49.5 cm³/mol. The van der Waals surface area contributed by atoms with Gasteiger partial charge in [0.2, 0.25) is 0 Å². The molecule has 0 aromatic heterocycles. The predicted octanol–water partition coefficient (Wildman–Crippen LogP) is 0.806. The second-order valence-corrected chi connectivity index (χ2v) is 5.46. The van der Waals surface area contributed by atoms with Crippen LogP contribution in [0.15, 0.2) is 0 Å². The molecule has 2 heteroatoms. The first-order valence-corrected chi connectivity index (χ1v) is 4.84. The zero-order valence-corrected chi connectivity index (χ0v) is 8.56. The van der Waals surface area contributed by atoms with Crippen LogP contribution in [-0.4, -0.2) is 17.8 Å². The summed E-state index contributed by atoms with van der Waals surface area (Å²) in [6.45, 7) is 7.66. The highest BCUT2D eigenvalue weighted by molar-refractivity contribution is 4.90. The number of aliphatic hydroxyl groups excluding tert-OH is 1. The lowest BCUT2D eigenvalue weighted by molar-refractivity contribution is -0.396. The number of rotatable bonds is 1. The third kappa shape index (κ3) is 2.20. The van der Waals surface area contributed by atoms with Crippen molar-refractivity contribution >= 4 is 0 Å². The van der Waals surface area contributed by atoms with Gasteiger partial charge in [-0.3, -0.25) is 0 Å². The summed E-state index contributed by atoms with van der Waals surface area (Å²) >= 11 is 0. The minimum Gasteiger partial charge on any atom is -0.393 e. The Labute approximate surface area is 75.2 Å². The van der Waals surface area contributed by atoms with Crippen LogP contribution in [0.4, 0.5) is 0 Å². The largest absolute Gasteiger partial charge is 0.393 e. The monoisotopic (exact) mass is 172 g/mol. The SMILES string of the molecule is CC1(C)C[C@H](O)C[C@@](C)(C[NH3+])C1. The van der Waals surface area contributed by atoms with E-state index in [0.717, 1.165) is 19.4 Å². The van der Waals surface area contributed by atoms with Gasteiger partial charge in [0.15, 0.2) is 0 Å². The van der Waals surface area contributed by atoms with E-state index in [1.807, 2.05) is 0 Å². The minimum absolute atomic E-state index is 0.111. The zero-order chi connectivity index (χ0) is 9.41. The Morgan fingerprint density at radius 1 is 1.33 bits per heavy atom. The summed E-state index contributed by atoms with van der Waals surface area (Å²) in [5, 5.41) is 9.68. The van der Waals surface area contributed by atoms with E-state index in [1.54, 1.807) is 0 Å². The molecule has 4 N–H and O–H groups in total. The smallest absolute Gasteiger partial charge is 0.0795 e. The maximum atomic E-state index is 9.68. The van der Waals surface area contributed by atoms with E-state index >= 15 is 0 Å². The van der Waals surface area contributed by atoms with Crippen molar-refractivity contribution in [2.45, 2.75) is 46.1 Å². The van der Waals surface area contributed by atoms with Gasteiger partial charge >= 0.3 is 0 Å². The molecule has 0 bridgehead atoms. The molecule has 0 unspecified atom stereocenters. The molecule has 0 aliphatic heterocycles. The van der Waals surface area contributed by atoms with Crippen LogP contribution in [-0.2, 0) is 0 Å². The van der Waals surface area contributed by atoms with Gasteiger partial charge in [0, 0.05) is 5.41 Å². The molecule has 1 rings (SSSR count). The second-order valence-electron chi connectivity index (χ2n) is 5.46. The molecule has 0 saturated heterocycles. The summed E-state index contributed by atoms with van der Waals surface area (Å²) in [5.74, 6) is 0. The first-order chi connectivity index (χ1) is 5.37. The topological polar surface area (TPSA) is 47.9 Å². The molecule has 0 radical (unpaired) electrons. The van der Waals surface area contributed by atoms with Gasteiger partial charge in [0.25, 0.3) is 0 Å². The average Bonchev–Trinajstić information content (AvgIpc) is 1.82. The van der Waals surface area contributed by atoms with Crippen molar-refractivity contribution in [1.82, 2.24) is 0 Å². The van der Waals surface area contributed by atoms with Gasteiger partial charge in [-0.25, -0.2) is 0 Å². The van der Waals surface area contributed by atoms with E-state index in [0.29, 0.717) is 5.41 Å². The quantitative estimate of drug-likeness (QED) is 0.604. The lowest BCUT2D eigenvalue weighted by Crippen LogP contribution is -2.60. The molecule has 0 aromatic rings. The Hall–Kier alpha value is -0.0800. The molecular weight excluding hydrogens is 150 g/mol. The number of aliphatic hydroxyl groups is 1. The average molecular weight is 172 g/mol. The molecule has 1 aliphatic carbocycles. The van der Waals surface area contributed by atoms with E-state index in [9.17, 15) is 5.11 Å². The van der Waals surface area contributed by atoms with Crippen LogP contribution in [0.1, 0.15) is 40.0 Å². The van der Waals surface area contributed by atoms with Gasteiger partial charge < -0.3 is 10.8 Å². The molecule has 1 aliphatic rings. The summed E-state index contributed by atoms with van der Waals surface area (Å²) in [7, 11) is 0. The van der Waals surface area contributed by atoms with Crippen molar-refractivity contribution in [2.75, 3.05) is 6.54 Å². The summed E-state index contributed by atoms with van der Waals surface area (Å²) < 4.78 is 0. The molecule has 2 nitrogen and oxygen atoms in total. The fourth-order valence-electron chi connectivity index (χ4n) is 2.77. The lowest BCUT2D eigenvalue weighted by Gasteiger charge is -2.43. The minimum atomic E-state index is -0.111. The number of hydrogen-bond donors (Lipinski definition) is 2. The van der Waals surface area contributed by atoms with Crippen molar-refractivity contribution in [1.29, 1.82) is 0 Å². The van der Waals surface area contributed by atoms with Gasteiger partial charge in [0.05, 0.1) is 12.6 Å². The van der Waals surface area contributed by atoms with Crippen molar-refractivity contribution < 1.29 is 10.8 Å². The fourth-order valence-corrected chi connectivity index (χ4v) is 2.77. The molecule has 0 amide bonds. The van der Waals surface area contributed by atoms with Gasteiger partial charge in [0.1, 0.15) is 0 Å². The van der Waals surface area contributed by atoms with E-state index in [2.05, 4.69) is 26.5 Å². The van der Waals surface area contributed by atoms with Crippen LogP contribution in [0.5, 0.6) is 0 Å². The van der Waals surface area contributed by atoms with Crippen molar-refractivity contribution in [3.8, 4) is 0 Å². The standard InChI is InChI=1S/C10H21NO/c1-9(2)4-8(12)5-10(3,6-9)7-11/h8,12H,4-7,11H2,1-3H3/p+1/t8-,10+/m0/s1. The van der Waals surface area contributed by atoms with Crippen molar-refractivity contribution in [3.63, 3.8) is 0 Å². The summed E-state index contributed by atoms with van der Waals surface area (Å²) in [6.07, 6.45) is 2.96. The van der Waals surface area contributed by atoms with Crippen molar-refractivity contribution in [2.24, 2.45) is 10.8 Å². The Bertz CT molecular complexity index is 167. The van der Waals surface area contributed by atoms with Crippen LogP contribution < -0.4 is 5.73 Å². The summed E-state index contributed by atoms with van der Waals surface area (Å²) in [6, 6.07) is 0. The van der Waals surface area contributed by atoms with Crippen LogP contribution in [0.25, 0.3) is 0 Å². The Kier molecular flexibility index (Phi) is 2.50. The number of hydrogen-bond acceptors (Lipinski definition) is 1. The van der Waals surface area contributed by atoms with Gasteiger partial charge in [-0.1, -0.05) is 20.8 Å². The highest BCUT2D eigenvalue weighted by atomic mass is 16.3. The maximum absolute atomic E-state index is 9.68. The molecule has 0 aromatic carbocycles. The van der Waals surface area contributed by atoms with Crippen LogP contribution in [0.3, 0.4) is 0 Å². The third-order valence-corrected chi connectivity index (χ3v) is 3.03. The number of quaternary nitrogens is 1. The molecule has 0 heterocycles. The first kappa shape index (κ1) is 10.0. The highest BCUT2D eigenvalue weighted by Gasteiger charge is 2.40. The Balaban J connectivity index is 2.70. The molecule has 72 valence electrons. The van der Waals surface area contributed by atoms with Gasteiger partial charge in [-0.15, -0.1) is 0 Å². The molecule has 2 atom stereocenters. The third-order valence-electron chi connectivity index (χ3n) is 3.03. The molecule has 12 heavy (non-hydrogen) atoms. The van der Waals surface area contributed by atoms with Crippen LogP contribution in [0, 0.1) is 10.8 Å². The maximum Gasteiger partial charge on any atom is 0.0795 e. The van der Waals surface area contributed by atoms with E-state index < -0.39 is 0 Å².